The fourth-order valence-corrected chi connectivity index (χ4v) is 1.14. The normalized spacial score (nSPS) is 10.8. The Labute approximate surface area is 91.1 Å². The number of aromatic nitrogens is 1. The molecule has 0 radical (unpaired) electrons. The van der Waals surface area contributed by atoms with Crippen LogP contribution in [0, 0.1) is 18.2 Å². The molecule has 14 heavy (non-hydrogen) atoms. The van der Waals surface area contributed by atoms with Crippen LogP contribution < -0.4 is 5.32 Å². The largest absolute Gasteiger partial charge is 0.352 e. The second-order valence-corrected chi connectivity index (χ2v) is 4.29. The molecule has 0 aliphatic heterocycles. The highest BCUT2D eigenvalue weighted by atomic mass is 79.9. The number of hydrogen-bond donors (Lipinski definition) is 1. The molecule has 1 aromatic rings. The third-order valence-corrected chi connectivity index (χ3v) is 2.03. The zero-order valence-corrected chi connectivity index (χ0v) is 9.52. The van der Waals surface area contributed by atoms with Gasteiger partial charge >= 0.3 is 0 Å². The maximum absolute atomic E-state index is 13.3. The molecule has 0 aromatic carbocycles. The van der Waals surface area contributed by atoms with Crippen LogP contribution in [0.15, 0.2) is 16.7 Å². The maximum Gasteiger partial charge on any atom is 0.166 e. The Morgan fingerprint density at radius 1 is 1.64 bits per heavy atom. The summed E-state index contributed by atoms with van der Waals surface area (Å²) >= 11 is 3.12. The van der Waals surface area contributed by atoms with Gasteiger partial charge in [-0.2, -0.15) is 0 Å². The number of anilines is 1. The summed E-state index contributed by atoms with van der Waals surface area (Å²) in [5.41, 5.74) is -0.609. The molecule has 0 bridgehead atoms. The van der Waals surface area contributed by atoms with E-state index in [0.29, 0.717) is 4.47 Å². The average molecular weight is 257 g/mol. The highest BCUT2D eigenvalue weighted by molar-refractivity contribution is 9.10. The van der Waals surface area contributed by atoms with Gasteiger partial charge in [0.2, 0.25) is 0 Å². The molecule has 0 aliphatic rings. The Hall–Kier alpha value is -1.08. The lowest BCUT2D eigenvalue weighted by Crippen LogP contribution is -2.29. The first kappa shape index (κ1) is 11.0. The molecule has 0 saturated carbocycles. The SMILES string of the molecule is C#CC(C)(C)Nc1ncc(Br)cc1F. The predicted octanol–water partition coefficient (Wildman–Crippen LogP) is 2.81. The summed E-state index contributed by atoms with van der Waals surface area (Å²) in [6.07, 6.45) is 6.77. The lowest BCUT2D eigenvalue weighted by molar-refractivity contribution is 0.613. The van der Waals surface area contributed by atoms with Crippen LogP contribution in [0.2, 0.25) is 0 Å². The van der Waals surface area contributed by atoms with Gasteiger partial charge in [-0.25, -0.2) is 9.37 Å². The van der Waals surface area contributed by atoms with Crippen LogP contribution in [0.3, 0.4) is 0 Å². The van der Waals surface area contributed by atoms with Crippen molar-refractivity contribution in [3.63, 3.8) is 0 Å². The van der Waals surface area contributed by atoms with Crippen LogP contribution in [0.1, 0.15) is 13.8 Å². The molecule has 1 rings (SSSR count). The van der Waals surface area contributed by atoms with Gasteiger partial charge in [-0.1, -0.05) is 5.92 Å². The van der Waals surface area contributed by atoms with Crippen molar-refractivity contribution in [2.45, 2.75) is 19.4 Å². The van der Waals surface area contributed by atoms with Gasteiger partial charge < -0.3 is 5.32 Å². The molecule has 0 aliphatic carbocycles. The van der Waals surface area contributed by atoms with E-state index in [9.17, 15) is 4.39 Å². The quantitative estimate of drug-likeness (QED) is 0.824. The van der Waals surface area contributed by atoms with Crippen molar-refractivity contribution in [1.82, 2.24) is 4.98 Å². The fourth-order valence-electron chi connectivity index (χ4n) is 0.839. The van der Waals surface area contributed by atoms with Crippen LogP contribution in [0.4, 0.5) is 10.2 Å². The third-order valence-electron chi connectivity index (χ3n) is 1.60. The summed E-state index contributed by atoms with van der Waals surface area (Å²) in [4.78, 5) is 3.88. The molecular formula is C10H10BrFN2. The Balaban J connectivity index is 2.94. The molecule has 0 saturated heterocycles. The molecule has 2 nitrogen and oxygen atoms in total. The summed E-state index contributed by atoms with van der Waals surface area (Å²) in [5.74, 6) is 2.24. The van der Waals surface area contributed by atoms with Crippen LogP contribution in [-0.4, -0.2) is 10.5 Å². The minimum absolute atomic E-state index is 0.163. The number of nitrogens with zero attached hydrogens (tertiary/aromatic N) is 1. The zero-order chi connectivity index (χ0) is 10.8. The summed E-state index contributed by atoms with van der Waals surface area (Å²) in [6.45, 7) is 3.55. The smallest absolute Gasteiger partial charge is 0.166 e. The second-order valence-electron chi connectivity index (χ2n) is 3.38. The molecule has 0 atom stereocenters. The van der Waals surface area contributed by atoms with Crippen molar-refractivity contribution in [1.29, 1.82) is 0 Å². The molecule has 0 unspecified atom stereocenters. The first-order chi connectivity index (χ1) is 6.44. The first-order valence-corrected chi connectivity index (χ1v) is 4.81. The van der Waals surface area contributed by atoms with E-state index < -0.39 is 11.4 Å². The third kappa shape index (κ3) is 2.71. The Morgan fingerprint density at radius 3 is 2.79 bits per heavy atom. The first-order valence-electron chi connectivity index (χ1n) is 4.01. The zero-order valence-electron chi connectivity index (χ0n) is 7.94. The highest BCUT2D eigenvalue weighted by Crippen LogP contribution is 2.19. The highest BCUT2D eigenvalue weighted by Gasteiger charge is 2.16. The molecule has 0 spiro atoms. The summed E-state index contributed by atoms with van der Waals surface area (Å²) < 4.78 is 13.9. The number of hydrogen-bond acceptors (Lipinski definition) is 2. The second kappa shape index (κ2) is 3.97. The van der Waals surface area contributed by atoms with E-state index in [4.69, 9.17) is 6.42 Å². The molecule has 1 aromatic heterocycles. The molecular weight excluding hydrogens is 247 g/mol. The van der Waals surface area contributed by atoms with Crippen LogP contribution >= 0.6 is 15.9 Å². The number of pyridine rings is 1. The van der Waals surface area contributed by atoms with Gasteiger partial charge in [0.25, 0.3) is 0 Å². The van der Waals surface area contributed by atoms with Crippen molar-refractivity contribution in [3.05, 3.63) is 22.6 Å². The number of nitrogens with one attached hydrogen (secondary N) is 1. The van der Waals surface area contributed by atoms with Gasteiger partial charge in [0.05, 0.1) is 5.54 Å². The van der Waals surface area contributed by atoms with Crippen molar-refractivity contribution in [3.8, 4) is 12.3 Å². The van der Waals surface area contributed by atoms with E-state index >= 15 is 0 Å². The van der Waals surface area contributed by atoms with E-state index in [0.717, 1.165) is 0 Å². The standard InChI is InChI=1S/C10H10BrFN2/c1-4-10(2,3)14-9-8(12)5-7(11)6-13-9/h1,5-6H,2-3H3,(H,13,14). The van der Waals surface area contributed by atoms with E-state index in [2.05, 4.69) is 32.2 Å². The predicted molar refractivity (Wildman–Crippen MR) is 58.4 cm³/mol. The van der Waals surface area contributed by atoms with Gasteiger partial charge in [-0.15, -0.1) is 6.42 Å². The Bertz CT molecular complexity index is 382. The monoisotopic (exact) mass is 256 g/mol. The van der Waals surface area contributed by atoms with E-state index in [1.165, 1.54) is 12.3 Å². The van der Waals surface area contributed by atoms with Crippen LogP contribution in [0.5, 0.6) is 0 Å². The summed E-state index contributed by atoms with van der Waals surface area (Å²) in [7, 11) is 0. The molecule has 74 valence electrons. The maximum atomic E-state index is 13.3. The van der Waals surface area contributed by atoms with Gasteiger partial charge in [-0.3, -0.25) is 0 Å². The molecule has 1 N–H and O–H groups in total. The minimum atomic E-state index is -0.609. The van der Waals surface area contributed by atoms with Crippen molar-refractivity contribution in [2.75, 3.05) is 5.32 Å². The van der Waals surface area contributed by atoms with E-state index in [1.54, 1.807) is 13.8 Å². The number of terminal acetylenes is 1. The lowest BCUT2D eigenvalue weighted by Gasteiger charge is -2.20. The Kier molecular flexibility index (Phi) is 3.12. The lowest BCUT2D eigenvalue weighted by atomic mass is 10.1. The van der Waals surface area contributed by atoms with Crippen LogP contribution in [0.25, 0.3) is 0 Å². The number of halogens is 2. The molecule has 1 heterocycles. The van der Waals surface area contributed by atoms with Gasteiger partial charge in [0.1, 0.15) is 0 Å². The van der Waals surface area contributed by atoms with Crippen molar-refractivity contribution < 1.29 is 4.39 Å². The van der Waals surface area contributed by atoms with Crippen molar-refractivity contribution >= 4 is 21.7 Å². The molecule has 0 fully saturated rings. The molecule has 4 heteroatoms. The minimum Gasteiger partial charge on any atom is -0.352 e. The number of rotatable bonds is 2. The van der Waals surface area contributed by atoms with Gasteiger partial charge in [0, 0.05) is 10.7 Å². The van der Waals surface area contributed by atoms with Crippen molar-refractivity contribution in [2.24, 2.45) is 0 Å². The topological polar surface area (TPSA) is 24.9 Å². The van der Waals surface area contributed by atoms with Gasteiger partial charge in [0.15, 0.2) is 11.6 Å². The van der Waals surface area contributed by atoms with E-state index in [1.807, 2.05) is 0 Å². The van der Waals surface area contributed by atoms with Gasteiger partial charge in [-0.05, 0) is 35.8 Å². The Morgan fingerprint density at radius 2 is 2.29 bits per heavy atom. The van der Waals surface area contributed by atoms with Crippen LogP contribution in [-0.2, 0) is 0 Å². The average Bonchev–Trinajstić information content (AvgIpc) is 2.10. The fraction of sp³-hybridized carbons (Fsp3) is 0.300. The summed E-state index contributed by atoms with van der Waals surface area (Å²) in [5, 5.41) is 2.82. The van der Waals surface area contributed by atoms with E-state index in [-0.39, 0.29) is 5.82 Å². The summed E-state index contributed by atoms with van der Waals surface area (Å²) in [6, 6.07) is 1.34. The molecule has 0 amide bonds.